The number of amides is 1. The van der Waals surface area contributed by atoms with Crippen molar-refractivity contribution in [1.29, 1.82) is 0 Å². The molecule has 8 heteroatoms. The van der Waals surface area contributed by atoms with Crippen LogP contribution in [-0.4, -0.2) is 35.4 Å². The van der Waals surface area contributed by atoms with Gasteiger partial charge in [-0.25, -0.2) is 9.79 Å². The van der Waals surface area contributed by atoms with E-state index in [4.69, 9.17) is 14.6 Å². The lowest BCUT2D eigenvalue weighted by atomic mass is 10.2. The molecule has 0 saturated carbocycles. The second-order valence-electron chi connectivity index (χ2n) is 6.33. The molecule has 1 atom stereocenters. The van der Waals surface area contributed by atoms with Crippen LogP contribution in [-0.2, 0) is 9.59 Å². The number of thioether (sulfide) groups is 1. The number of aryl methyl sites for hydroxylation is 1. The molecule has 1 aliphatic rings. The summed E-state index contributed by atoms with van der Waals surface area (Å²) in [6.45, 7) is 3.42. The van der Waals surface area contributed by atoms with Crippen LogP contribution in [0.1, 0.15) is 18.1 Å². The number of nitrogens with one attached hydrogen (secondary N) is 1. The van der Waals surface area contributed by atoms with Crippen LogP contribution in [0.5, 0.6) is 11.5 Å². The molecule has 7 nitrogen and oxygen atoms in total. The van der Waals surface area contributed by atoms with Crippen LogP contribution in [0.25, 0.3) is 6.08 Å². The maximum Gasteiger partial charge on any atom is 0.344 e. The number of nitrogens with zero attached hydrogens (tertiary/aromatic N) is 1. The first-order chi connectivity index (χ1) is 13.9. The van der Waals surface area contributed by atoms with Crippen LogP contribution >= 0.6 is 11.8 Å². The van der Waals surface area contributed by atoms with Crippen LogP contribution in [0.3, 0.4) is 0 Å². The Kier molecular flexibility index (Phi) is 6.23. The number of benzene rings is 2. The van der Waals surface area contributed by atoms with Crippen molar-refractivity contribution in [3.05, 3.63) is 58.5 Å². The Morgan fingerprint density at radius 3 is 2.72 bits per heavy atom. The summed E-state index contributed by atoms with van der Waals surface area (Å²) in [5, 5.41) is 12.3. The van der Waals surface area contributed by atoms with Gasteiger partial charge in [0, 0.05) is 0 Å². The number of hydrogen-bond donors (Lipinski definition) is 2. The van der Waals surface area contributed by atoms with Gasteiger partial charge in [-0.2, -0.15) is 0 Å². The first kappa shape index (κ1) is 20.5. The van der Waals surface area contributed by atoms with E-state index in [2.05, 4.69) is 10.3 Å². The van der Waals surface area contributed by atoms with E-state index in [-0.39, 0.29) is 5.91 Å². The highest BCUT2D eigenvalue weighted by atomic mass is 32.2. The smallest absolute Gasteiger partial charge is 0.344 e. The minimum Gasteiger partial charge on any atom is -0.493 e. The largest absolute Gasteiger partial charge is 0.493 e. The van der Waals surface area contributed by atoms with Gasteiger partial charge in [0.2, 0.25) is 0 Å². The summed E-state index contributed by atoms with van der Waals surface area (Å²) >= 11 is 1.25. The van der Waals surface area contributed by atoms with E-state index in [1.54, 1.807) is 24.3 Å². The molecule has 1 heterocycles. The third kappa shape index (κ3) is 5.17. The highest BCUT2D eigenvalue weighted by molar-refractivity contribution is 8.18. The zero-order chi connectivity index (χ0) is 21.0. The van der Waals surface area contributed by atoms with Crippen LogP contribution in [0.4, 0.5) is 5.69 Å². The normalized spacial score (nSPS) is 17.3. The number of methoxy groups -OCH3 is 1. The molecule has 1 amide bonds. The summed E-state index contributed by atoms with van der Waals surface area (Å²) in [6.07, 6.45) is 0.704. The molecule has 2 aromatic carbocycles. The zero-order valence-corrected chi connectivity index (χ0v) is 16.9. The van der Waals surface area contributed by atoms with Crippen molar-refractivity contribution in [3.63, 3.8) is 0 Å². The Hall–Kier alpha value is -3.26. The lowest BCUT2D eigenvalue weighted by molar-refractivity contribution is -0.144. The second kappa shape index (κ2) is 8.83. The summed E-state index contributed by atoms with van der Waals surface area (Å²) in [5.41, 5.74) is 2.57. The third-order valence-electron chi connectivity index (χ3n) is 4.02. The molecule has 1 fully saturated rings. The standard InChI is InChI=1S/C21H20N2O5S/c1-12-5-4-6-15(9-12)22-21-23-19(24)18(29-21)11-14-7-8-16(17(10-14)27-3)28-13(2)20(25)26/h4-11,13H,1-3H3,(H,25,26)(H,22,23,24)/b18-11-/t13-/m0/s1. The van der Waals surface area contributed by atoms with Crippen molar-refractivity contribution in [2.24, 2.45) is 4.99 Å². The van der Waals surface area contributed by atoms with E-state index < -0.39 is 12.1 Å². The highest BCUT2D eigenvalue weighted by Crippen LogP contribution is 2.32. The number of aliphatic carboxylic acids is 1. The maximum atomic E-state index is 12.3. The van der Waals surface area contributed by atoms with Crippen molar-refractivity contribution in [2.45, 2.75) is 20.0 Å². The molecule has 0 radical (unpaired) electrons. The molecular formula is C21H20N2O5S. The van der Waals surface area contributed by atoms with E-state index in [9.17, 15) is 9.59 Å². The number of ether oxygens (including phenoxy) is 2. The van der Waals surface area contributed by atoms with E-state index >= 15 is 0 Å². The predicted molar refractivity (Wildman–Crippen MR) is 113 cm³/mol. The molecule has 150 valence electrons. The SMILES string of the molecule is COc1cc(/C=C2\SC(=Nc3cccc(C)c3)NC2=O)ccc1O[C@@H](C)C(=O)O. The van der Waals surface area contributed by atoms with Crippen molar-refractivity contribution in [2.75, 3.05) is 7.11 Å². The average Bonchev–Trinajstić information content (AvgIpc) is 3.01. The molecule has 0 unspecified atom stereocenters. The van der Waals surface area contributed by atoms with E-state index in [1.165, 1.54) is 25.8 Å². The van der Waals surface area contributed by atoms with Gasteiger partial charge in [-0.15, -0.1) is 0 Å². The Labute approximate surface area is 172 Å². The lowest BCUT2D eigenvalue weighted by Crippen LogP contribution is -2.23. The van der Waals surface area contributed by atoms with Crippen LogP contribution in [0.15, 0.2) is 52.4 Å². The second-order valence-corrected chi connectivity index (χ2v) is 7.36. The van der Waals surface area contributed by atoms with Crippen molar-refractivity contribution in [3.8, 4) is 11.5 Å². The molecule has 0 aliphatic carbocycles. The van der Waals surface area contributed by atoms with E-state index in [0.717, 1.165) is 11.3 Å². The Morgan fingerprint density at radius 2 is 2.03 bits per heavy atom. The quantitative estimate of drug-likeness (QED) is 0.702. The van der Waals surface area contributed by atoms with Gasteiger partial charge in [0.05, 0.1) is 17.7 Å². The molecule has 29 heavy (non-hydrogen) atoms. The number of hydrogen-bond acceptors (Lipinski definition) is 6. The molecule has 2 aromatic rings. The zero-order valence-electron chi connectivity index (χ0n) is 16.1. The molecule has 0 bridgehead atoms. The summed E-state index contributed by atoms with van der Waals surface area (Å²) in [5.74, 6) is -0.614. The fraction of sp³-hybridized carbons (Fsp3) is 0.190. The molecule has 1 saturated heterocycles. The van der Waals surface area contributed by atoms with Gasteiger partial charge in [0.15, 0.2) is 22.8 Å². The summed E-state index contributed by atoms with van der Waals surface area (Å²) in [7, 11) is 1.47. The van der Waals surface area contributed by atoms with E-state index in [0.29, 0.717) is 27.1 Å². The summed E-state index contributed by atoms with van der Waals surface area (Å²) < 4.78 is 10.7. The third-order valence-corrected chi connectivity index (χ3v) is 4.93. The van der Waals surface area contributed by atoms with Gasteiger partial charge in [-0.1, -0.05) is 18.2 Å². The lowest BCUT2D eigenvalue weighted by Gasteiger charge is -2.14. The van der Waals surface area contributed by atoms with Gasteiger partial charge in [-0.3, -0.25) is 4.79 Å². The number of rotatable bonds is 6. The van der Waals surface area contributed by atoms with Crippen LogP contribution < -0.4 is 14.8 Å². The van der Waals surface area contributed by atoms with Crippen molar-refractivity contribution >= 4 is 40.6 Å². The number of carboxylic acids is 1. The van der Waals surface area contributed by atoms with Gasteiger partial charge < -0.3 is 19.9 Å². The number of amidine groups is 1. The summed E-state index contributed by atoms with van der Waals surface area (Å²) in [4.78, 5) is 28.2. The van der Waals surface area contributed by atoms with Gasteiger partial charge in [0.25, 0.3) is 5.91 Å². The van der Waals surface area contributed by atoms with Crippen LogP contribution in [0, 0.1) is 6.92 Å². The topological polar surface area (TPSA) is 97.2 Å². The number of carbonyl (C=O) groups excluding carboxylic acids is 1. The number of aliphatic imine (C=N–C) groups is 1. The van der Waals surface area contributed by atoms with Gasteiger partial charge in [-0.05, 0) is 67.1 Å². The molecule has 2 N–H and O–H groups in total. The van der Waals surface area contributed by atoms with E-state index in [1.807, 2.05) is 31.2 Å². The predicted octanol–water partition coefficient (Wildman–Crippen LogP) is 3.75. The number of carbonyl (C=O) groups is 2. The van der Waals surface area contributed by atoms with Crippen LogP contribution in [0.2, 0.25) is 0 Å². The monoisotopic (exact) mass is 412 g/mol. The Bertz CT molecular complexity index is 1020. The average molecular weight is 412 g/mol. The molecule has 1 aliphatic heterocycles. The minimum absolute atomic E-state index is 0.236. The molecule has 0 aromatic heterocycles. The van der Waals surface area contributed by atoms with Crippen molar-refractivity contribution < 1.29 is 24.2 Å². The maximum absolute atomic E-state index is 12.3. The van der Waals surface area contributed by atoms with Gasteiger partial charge in [0.1, 0.15) is 0 Å². The first-order valence-electron chi connectivity index (χ1n) is 8.79. The highest BCUT2D eigenvalue weighted by Gasteiger charge is 2.24. The molecule has 3 rings (SSSR count). The van der Waals surface area contributed by atoms with Crippen molar-refractivity contribution in [1.82, 2.24) is 5.32 Å². The number of carboxylic acid groups (broad SMARTS) is 1. The van der Waals surface area contributed by atoms with Gasteiger partial charge >= 0.3 is 5.97 Å². The fourth-order valence-electron chi connectivity index (χ4n) is 2.56. The fourth-order valence-corrected chi connectivity index (χ4v) is 3.40. The summed E-state index contributed by atoms with van der Waals surface area (Å²) in [6, 6.07) is 12.7. The Balaban J connectivity index is 1.80. The minimum atomic E-state index is -1.07. The Morgan fingerprint density at radius 1 is 1.24 bits per heavy atom. The molecular weight excluding hydrogens is 392 g/mol. The molecule has 0 spiro atoms. The first-order valence-corrected chi connectivity index (χ1v) is 9.61.